The molecule has 1 amide bonds. The first-order valence-electron chi connectivity index (χ1n) is 14.8. The van der Waals surface area contributed by atoms with Crippen molar-refractivity contribution >= 4 is 32.7 Å². The lowest BCUT2D eigenvalue weighted by molar-refractivity contribution is -0.138. The zero-order chi connectivity index (χ0) is 31.8. The van der Waals surface area contributed by atoms with E-state index in [1.54, 1.807) is 22.4 Å². The summed E-state index contributed by atoms with van der Waals surface area (Å²) in [5, 5.41) is 10.2. The second-order valence-corrected chi connectivity index (χ2v) is 12.6. The van der Waals surface area contributed by atoms with Gasteiger partial charge in [-0.1, -0.05) is 22.9 Å². The Bertz CT molecular complexity index is 2060. The molecule has 7 rings (SSSR count). The van der Waals surface area contributed by atoms with E-state index in [9.17, 15) is 22.8 Å². The molecular formula is C32H29BrF3N7O2. The number of alkyl halides is 3. The summed E-state index contributed by atoms with van der Waals surface area (Å²) in [5.41, 5.74) is 2.76. The second-order valence-electron chi connectivity index (χ2n) is 11.8. The molecule has 1 aliphatic heterocycles. The summed E-state index contributed by atoms with van der Waals surface area (Å²) >= 11 is 2.94. The average molecular weight is 681 g/mol. The van der Waals surface area contributed by atoms with Crippen molar-refractivity contribution in [3.8, 4) is 11.6 Å². The van der Waals surface area contributed by atoms with Gasteiger partial charge >= 0.3 is 6.18 Å². The molecule has 4 heterocycles. The van der Waals surface area contributed by atoms with Gasteiger partial charge in [0.15, 0.2) is 0 Å². The zero-order valence-electron chi connectivity index (χ0n) is 24.8. The number of hydrogen-bond acceptors (Lipinski definition) is 5. The van der Waals surface area contributed by atoms with Crippen molar-refractivity contribution < 1.29 is 18.0 Å². The van der Waals surface area contributed by atoms with Gasteiger partial charge in [-0.2, -0.15) is 23.4 Å². The van der Waals surface area contributed by atoms with Gasteiger partial charge in [-0.3, -0.25) is 14.3 Å². The number of aryl methyl sites for hydroxylation is 2. The number of halogens is 4. The van der Waals surface area contributed by atoms with Crippen molar-refractivity contribution in [1.29, 1.82) is 0 Å². The van der Waals surface area contributed by atoms with Gasteiger partial charge in [-0.05, 0) is 82.0 Å². The molecule has 0 N–H and O–H groups in total. The van der Waals surface area contributed by atoms with Crippen molar-refractivity contribution in [2.24, 2.45) is 0 Å². The monoisotopic (exact) mass is 679 g/mol. The minimum atomic E-state index is -4.63. The predicted molar refractivity (Wildman–Crippen MR) is 165 cm³/mol. The Morgan fingerprint density at radius 2 is 1.89 bits per heavy atom. The van der Waals surface area contributed by atoms with Crippen LogP contribution in [0.5, 0.6) is 0 Å². The summed E-state index contributed by atoms with van der Waals surface area (Å²) in [6, 6.07) is 11.1. The predicted octanol–water partition coefficient (Wildman–Crippen LogP) is 6.34. The molecule has 45 heavy (non-hydrogen) atoms. The molecule has 2 aromatic carbocycles. The molecule has 232 valence electrons. The van der Waals surface area contributed by atoms with E-state index in [1.165, 1.54) is 17.0 Å². The highest BCUT2D eigenvalue weighted by Crippen LogP contribution is 2.38. The summed E-state index contributed by atoms with van der Waals surface area (Å²) in [6.07, 6.45) is 0.240. The van der Waals surface area contributed by atoms with Crippen molar-refractivity contribution in [2.45, 2.75) is 71.3 Å². The Morgan fingerprint density at radius 1 is 1.11 bits per heavy atom. The maximum absolute atomic E-state index is 14.4. The molecule has 0 radical (unpaired) electrons. The van der Waals surface area contributed by atoms with Crippen LogP contribution in [0, 0.1) is 6.92 Å². The van der Waals surface area contributed by atoms with Crippen molar-refractivity contribution in [3.05, 3.63) is 97.3 Å². The summed E-state index contributed by atoms with van der Waals surface area (Å²) in [7, 11) is 0. The summed E-state index contributed by atoms with van der Waals surface area (Å²) in [4.78, 5) is 34.4. The first-order valence-corrected chi connectivity index (χ1v) is 15.6. The topological polar surface area (TPSA) is 90.8 Å². The zero-order valence-corrected chi connectivity index (χ0v) is 26.4. The Hall–Kier alpha value is -4.26. The standard InChI is InChI=1S/C32H29BrF3N7O2/c1-4-21-11-18(3)42(39-21)31-38-27-16-40(29(44)19-5-9-26(33)25(14-19)32(34,35)36)17(2)12-24(27)30(45)41(31)23-8-10-28-20(13-23)15-37-43(28)22-6-7-22/h5,8-11,13-15,17,22H,4,6-7,12,16H2,1-3H3/t17-/m1/s1. The number of carbonyl (C=O) groups excluding carboxylic acids is 1. The van der Waals surface area contributed by atoms with E-state index in [0.29, 0.717) is 29.4 Å². The van der Waals surface area contributed by atoms with Crippen LogP contribution in [0.2, 0.25) is 0 Å². The highest BCUT2D eigenvalue weighted by atomic mass is 79.9. The largest absolute Gasteiger partial charge is 0.417 e. The van der Waals surface area contributed by atoms with Crippen LogP contribution in [0.4, 0.5) is 13.2 Å². The third kappa shape index (κ3) is 5.06. The summed E-state index contributed by atoms with van der Waals surface area (Å²) in [5.74, 6) is -0.296. The Morgan fingerprint density at radius 3 is 2.58 bits per heavy atom. The molecule has 9 nitrogen and oxygen atoms in total. The minimum Gasteiger partial charge on any atom is -0.330 e. The van der Waals surface area contributed by atoms with Crippen LogP contribution < -0.4 is 5.56 Å². The minimum absolute atomic E-state index is 0.0377. The van der Waals surface area contributed by atoms with Crippen LogP contribution in [0.15, 0.2) is 57.9 Å². The SMILES string of the molecule is CCc1cc(C)n(-c2nc3c(c(=O)n2-c2ccc4c(cnn4C4CC4)c2)C[C@@H](C)N(C(=O)c2ccc(Br)c(C(F)(F)F)c2)C3)n1. The molecule has 0 saturated heterocycles. The van der Waals surface area contributed by atoms with Crippen molar-refractivity contribution in [1.82, 2.24) is 34.0 Å². The number of aromatic nitrogens is 6. The van der Waals surface area contributed by atoms with Gasteiger partial charge in [-0.15, -0.1) is 0 Å². The molecule has 1 aliphatic carbocycles. The van der Waals surface area contributed by atoms with Gasteiger partial charge in [0.25, 0.3) is 11.5 Å². The fourth-order valence-corrected chi connectivity index (χ4v) is 6.51. The Balaban J connectivity index is 1.34. The molecule has 2 aliphatic rings. The first kappa shape index (κ1) is 29.5. The van der Waals surface area contributed by atoms with Gasteiger partial charge in [0.2, 0.25) is 5.95 Å². The van der Waals surface area contributed by atoms with Gasteiger partial charge in [-0.25, -0.2) is 14.2 Å². The lowest BCUT2D eigenvalue weighted by atomic mass is 9.98. The van der Waals surface area contributed by atoms with Gasteiger partial charge in [0, 0.05) is 32.7 Å². The van der Waals surface area contributed by atoms with E-state index in [2.05, 4.69) is 21.0 Å². The van der Waals surface area contributed by atoms with Crippen LogP contribution in [0.3, 0.4) is 0 Å². The maximum atomic E-state index is 14.4. The summed E-state index contributed by atoms with van der Waals surface area (Å²) < 4.78 is 45.9. The smallest absolute Gasteiger partial charge is 0.330 e. The third-order valence-electron chi connectivity index (χ3n) is 8.60. The van der Waals surface area contributed by atoms with Crippen LogP contribution in [0.1, 0.15) is 71.3 Å². The molecule has 1 fully saturated rings. The van der Waals surface area contributed by atoms with Crippen molar-refractivity contribution in [2.75, 3.05) is 0 Å². The average Bonchev–Trinajstić information content (AvgIpc) is 3.65. The fourth-order valence-electron chi connectivity index (χ4n) is 6.04. The van der Waals surface area contributed by atoms with Gasteiger partial charge in [0.05, 0.1) is 46.9 Å². The quantitative estimate of drug-likeness (QED) is 0.216. The van der Waals surface area contributed by atoms with E-state index in [1.807, 2.05) is 42.8 Å². The molecule has 13 heteroatoms. The Kier molecular flexibility index (Phi) is 6.99. The first-order chi connectivity index (χ1) is 21.4. The van der Waals surface area contributed by atoms with E-state index in [-0.39, 0.29) is 34.5 Å². The molecule has 5 aromatic rings. The second kappa shape index (κ2) is 10.7. The molecule has 1 saturated carbocycles. The van der Waals surface area contributed by atoms with Crippen molar-refractivity contribution in [3.63, 3.8) is 0 Å². The summed E-state index contributed by atoms with van der Waals surface area (Å²) in [6.45, 7) is 5.62. The fraction of sp³-hybridized carbons (Fsp3) is 0.344. The molecule has 3 aromatic heterocycles. The number of hydrogen-bond donors (Lipinski definition) is 0. The molecule has 0 spiro atoms. The van der Waals surface area contributed by atoms with Crippen LogP contribution in [-0.2, 0) is 25.6 Å². The molecule has 0 unspecified atom stereocenters. The molecular weight excluding hydrogens is 651 g/mol. The highest BCUT2D eigenvalue weighted by Gasteiger charge is 2.36. The van der Waals surface area contributed by atoms with E-state index >= 15 is 0 Å². The number of fused-ring (bicyclic) bond motifs is 2. The number of carbonyl (C=O) groups is 1. The van der Waals surface area contributed by atoms with Crippen LogP contribution >= 0.6 is 15.9 Å². The van der Waals surface area contributed by atoms with E-state index < -0.39 is 23.7 Å². The van der Waals surface area contributed by atoms with E-state index in [4.69, 9.17) is 10.1 Å². The lowest BCUT2D eigenvalue weighted by Gasteiger charge is -2.34. The highest BCUT2D eigenvalue weighted by molar-refractivity contribution is 9.10. The number of nitrogens with zero attached hydrogens (tertiary/aromatic N) is 7. The normalized spacial score (nSPS) is 16.8. The van der Waals surface area contributed by atoms with Gasteiger partial charge in [0.1, 0.15) is 0 Å². The number of amides is 1. The van der Waals surface area contributed by atoms with E-state index in [0.717, 1.165) is 41.2 Å². The Labute approximate surface area is 264 Å². The third-order valence-corrected chi connectivity index (χ3v) is 9.29. The maximum Gasteiger partial charge on any atom is 0.417 e. The van der Waals surface area contributed by atoms with Gasteiger partial charge < -0.3 is 4.90 Å². The van der Waals surface area contributed by atoms with Crippen LogP contribution in [0.25, 0.3) is 22.5 Å². The number of rotatable bonds is 5. The lowest BCUT2D eigenvalue weighted by Crippen LogP contribution is -2.46. The molecule has 1 atom stereocenters. The number of benzene rings is 2. The van der Waals surface area contributed by atoms with Crippen LogP contribution in [-0.4, -0.2) is 46.0 Å². The molecule has 0 bridgehead atoms.